The van der Waals surface area contributed by atoms with E-state index in [9.17, 15) is 0 Å². The van der Waals surface area contributed by atoms with Crippen LogP contribution in [0.15, 0.2) is 11.6 Å². The summed E-state index contributed by atoms with van der Waals surface area (Å²) in [5.74, 6) is 0. The van der Waals surface area contributed by atoms with Gasteiger partial charge in [0.05, 0.1) is 5.01 Å². The van der Waals surface area contributed by atoms with Crippen LogP contribution in [0, 0.1) is 6.92 Å². The first-order chi connectivity index (χ1) is 9.72. The van der Waals surface area contributed by atoms with Gasteiger partial charge in [-0.3, -0.25) is 0 Å². The van der Waals surface area contributed by atoms with Crippen LogP contribution in [0.5, 0.6) is 0 Å². The Morgan fingerprint density at radius 1 is 1.30 bits per heavy atom. The average molecular weight is 310 g/mol. The number of thiazole rings is 2. The fraction of sp³-hybridized carbons (Fsp3) is 0.571. The molecule has 0 unspecified atom stereocenters. The van der Waals surface area contributed by atoms with Crippen LogP contribution in [0.4, 0.5) is 5.13 Å². The highest BCUT2D eigenvalue weighted by Gasteiger charge is 2.07. The van der Waals surface area contributed by atoms with Gasteiger partial charge in [0.15, 0.2) is 5.13 Å². The second-order valence-corrected chi connectivity index (χ2v) is 6.63. The van der Waals surface area contributed by atoms with E-state index in [1.807, 2.05) is 13.1 Å². The third-order valence-corrected chi connectivity index (χ3v) is 5.14. The van der Waals surface area contributed by atoms with E-state index in [4.69, 9.17) is 0 Å². The molecule has 4 nitrogen and oxygen atoms in total. The lowest BCUT2D eigenvalue weighted by Crippen LogP contribution is -2.21. The van der Waals surface area contributed by atoms with E-state index >= 15 is 0 Å². The Morgan fingerprint density at radius 3 is 2.75 bits per heavy atom. The lowest BCUT2D eigenvalue weighted by Gasteiger charge is -2.16. The van der Waals surface area contributed by atoms with Crippen molar-refractivity contribution in [2.45, 2.75) is 33.7 Å². The van der Waals surface area contributed by atoms with E-state index in [0.29, 0.717) is 0 Å². The number of rotatable bonds is 8. The quantitative estimate of drug-likeness (QED) is 0.761. The molecular weight excluding hydrogens is 288 g/mol. The van der Waals surface area contributed by atoms with Crippen LogP contribution in [-0.4, -0.2) is 29.6 Å². The minimum atomic E-state index is 0.892. The molecule has 0 spiro atoms. The zero-order chi connectivity index (χ0) is 14.4. The molecule has 0 saturated carbocycles. The van der Waals surface area contributed by atoms with Gasteiger partial charge in [-0.25, -0.2) is 9.97 Å². The zero-order valence-electron chi connectivity index (χ0n) is 12.3. The largest absolute Gasteiger partial charge is 0.349 e. The standard InChI is InChI=1S/C14H22N4S2/c1-4-18(5-2)14-16-9-12(20-14)8-15-7-6-13-17-11(3)10-19-13/h9-10,15H,4-8H2,1-3H3. The fourth-order valence-electron chi connectivity index (χ4n) is 1.94. The summed E-state index contributed by atoms with van der Waals surface area (Å²) in [5, 5.41) is 7.91. The number of hydrogen-bond donors (Lipinski definition) is 1. The lowest BCUT2D eigenvalue weighted by molar-refractivity contribution is 0.690. The summed E-state index contributed by atoms with van der Waals surface area (Å²) in [6.45, 7) is 10.3. The molecule has 0 aromatic carbocycles. The summed E-state index contributed by atoms with van der Waals surface area (Å²) in [5.41, 5.74) is 1.12. The van der Waals surface area contributed by atoms with Crippen molar-refractivity contribution >= 4 is 27.8 Å². The second-order valence-electron chi connectivity index (χ2n) is 4.59. The highest BCUT2D eigenvalue weighted by atomic mass is 32.1. The molecule has 2 aromatic heterocycles. The Kier molecular flexibility index (Phi) is 5.94. The first-order valence-corrected chi connectivity index (χ1v) is 8.74. The van der Waals surface area contributed by atoms with E-state index in [1.54, 1.807) is 22.7 Å². The molecule has 0 aliphatic carbocycles. The maximum Gasteiger partial charge on any atom is 0.185 e. The van der Waals surface area contributed by atoms with Crippen LogP contribution in [0.3, 0.4) is 0 Å². The predicted molar refractivity (Wildman–Crippen MR) is 87.9 cm³/mol. The Morgan fingerprint density at radius 2 is 2.10 bits per heavy atom. The Bertz CT molecular complexity index is 517. The van der Waals surface area contributed by atoms with Crippen molar-refractivity contribution in [3.8, 4) is 0 Å². The molecule has 2 heterocycles. The zero-order valence-corrected chi connectivity index (χ0v) is 14.0. The SMILES string of the molecule is CCN(CC)c1ncc(CNCCc2nc(C)cs2)s1. The summed E-state index contributed by atoms with van der Waals surface area (Å²) in [6.07, 6.45) is 2.99. The van der Waals surface area contributed by atoms with Crippen LogP contribution in [0.1, 0.15) is 29.4 Å². The van der Waals surface area contributed by atoms with Gasteiger partial charge in [-0.1, -0.05) is 0 Å². The van der Waals surface area contributed by atoms with Gasteiger partial charge in [0.1, 0.15) is 0 Å². The molecule has 1 N–H and O–H groups in total. The molecule has 0 radical (unpaired) electrons. The molecule has 0 atom stereocenters. The van der Waals surface area contributed by atoms with Crippen LogP contribution in [0.2, 0.25) is 0 Å². The number of hydrogen-bond acceptors (Lipinski definition) is 6. The van der Waals surface area contributed by atoms with Gasteiger partial charge in [-0.15, -0.1) is 22.7 Å². The predicted octanol–water partition coefficient (Wildman–Crippen LogP) is 3.09. The van der Waals surface area contributed by atoms with Crippen LogP contribution < -0.4 is 10.2 Å². The lowest BCUT2D eigenvalue weighted by atomic mass is 10.4. The van der Waals surface area contributed by atoms with Gasteiger partial charge < -0.3 is 10.2 Å². The highest BCUT2D eigenvalue weighted by molar-refractivity contribution is 7.15. The number of nitrogens with one attached hydrogen (secondary N) is 1. The average Bonchev–Trinajstić information content (AvgIpc) is 3.06. The molecule has 0 fully saturated rings. The molecule has 0 amide bonds. The normalized spacial score (nSPS) is 10.9. The molecule has 6 heteroatoms. The first-order valence-electron chi connectivity index (χ1n) is 7.04. The molecule has 2 aromatic rings. The van der Waals surface area contributed by atoms with Crippen molar-refractivity contribution in [2.24, 2.45) is 0 Å². The molecule has 0 aliphatic heterocycles. The minimum absolute atomic E-state index is 0.892. The third kappa shape index (κ3) is 4.26. The van der Waals surface area contributed by atoms with Gasteiger partial charge in [0.25, 0.3) is 0 Å². The van der Waals surface area contributed by atoms with Crippen molar-refractivity contribution in [3.63, 3.8) is 0 Å². The Balaban J connectivity index is 1.74. The van der Waals surface area contributed by atoms with Gasteiger partial charge in [0, 0.05) is 54.7 Å². The fourth-order valence-corrected chi connectivity index (χ4v) is 3.73. The Labute approximate surface area is 128 Å². The summed E-state index contributed by atoms with van der Waals surface area (Å²) in [6, 6.07) is 0. The molecule has 0 aliphatic rings. The van der Waals surface area contributed by atoms with Crippen LogP contribution >= 0.6 is 22.7 Å². The molecule has 0 bridgehead atoms. The summed E-state index contributed by atoms with van der Waals surface area (Å²) in [7, 11) is 0. The summed E-state index contributed by atoms with van der Waals surface area (Å²) < 4.78 is 0. The Hall–Kier alpha value is -0.980. The molecule has 2 rings (SSSR count). The van der Waals surface area contributed by atoms with E-state index < -0.39 is 0 Å². The number of anilines is 1. The third-order valence-electron chi connectivity index (χ3n) is 3.06. The minimum Gasteiger partial charge on any atom is -0.349 e. The van der Waals surface area contributed by atoms with E-state index in [1.165, 1.54) is 9.88 Å². The van der Waals surface area contributed by atoms with Crippen molar-refractivity contribution in [2.75, 3.05) is 24.5 Å². The second kappa shape index (κ2) is 7.71. The van der Waals surface area contributed by atoms with Gasteiger partial charge in [-0.05, 0) is 20.8 Å². The number of nitrogens with zero attached hydrogens (tertiary/aromatic N) is 3. The summed E-state index contributed by atoms with van der Waals surface area (Å²) >= 11 is 3.52. The van der Waals surface area contributed by atoms with Crippen molar-refractivity contribution in [1.82, 2.24) is 15.3 Å². The molecule has 110 valence electrons. The summed E-state index contributed by atoms with van der Waals surface area (Å²) in [4.78, 5) is 12.5. The molecule has 20 heavy (non-hydrogen) atoms. The number of aromatic nitrogens is 2. The van der Waals surface area contributed by atoms with Crippen molar-refractivity contribution < 1.29 is 0 Å². The number of aryl methyl sites for hydroxylation is 1. The molecular formula is C14H22N4S2. The molecule has 0 saturated heterocycles. The first kappa shape index (κ1) is 15.4. The van der Waals surface area contributed by atoms with Gasteiger partial charge in [-0.2, -0.15) is 0 Å². The van der Waals surface area contributed by atoms with Crippen molar-refractivity contribution in [1.29, 1.82) is 0 Å². The maximum atomic E-state index is 4.49. The van der Waals surface area contributed by atoms with Crippen LogP contribution in [0.25, 0.3) is 0 Å². The smallest absolute Gasteiger partial charge is 0.185 e. The van der Waals surface area contributed by atoms with E-state index in [-0.39, 0.29) is 0 Å². The van der Waals surface area contributed by atoms with Crippen molar-refractivity contribution in [3.05, 3.63) is 27.2 Å². The topological polar surface area (TPSA) is 41.1 Å². The van der Waals surface area contributed by atoms with Crippen LogP contribution in [-0.2, 0) is 13.0 Å². The van der Waals surface area contributed by atoms with E-state index in [0.717, 1.165) is 43.4 Å². The highest BCUT2D eigenvalue weighted by Crippen LogP contribution is 2.21. The van der Waals surface area contributed by atoms with Gasteiger partial charge in [0.2, 0.25) is 0 Å². The van der Waals surface area contributed by atoms with Gasteiger partial charge >= 0.3 is 0 Å². The maximum absolute atomic E-state index is 4.49. The van der Waals surface area contributed by atoms with E-state index in [2.05, 4.69) is 39.4 Å². The monoisotopic (exact) mass is 310 g/mol.